The fourth-order valence-electron chi connectivity index (χ4n) is 3.35. The number of methoxy groups -OCH3 is 2. The number of carbonyl (C=O) groups is 2. The molecule has 0 saturated carbocycles. The van der Waals surface area contributed by atoms with Crippen molar-refractivity contribution in [2.75, 3.05) is 38.4 Å². The van der Waals surface area contributed by atoms with Gasteiger partial charge < -0.3 is 19.7 Å². The van der Waals surface area contributed by atoms with E-state index >= 15 is 0 Å². The lowest BCUT2D eigenvalue weighted by molar-refractivity contribution is -0.139. The molecule has 0 spiro atoms. The first-order valence-electron chi connectivity index (χ1n) is 10.3. The van der Waals surface area contributed by atoms with E-state index in [-0.39, 0.29) is 23.9 Å². The SMILES string of the molecule is CNC(=O)C(C)N(Cc1ccccc1C)C(=O)CN(c1ccc(OC)cc1OC)S(C)(=O)=O. The van der Waals surface area contributed by atoms with E-state index in [4.69, 9.17) is 9.47 Å². The summed E-state index contributed by atoms with van der Waals surface area (Å²) in [5, 5.41) is 2.55. The van der Waals surface area contributed by atoms with Crippen LogP contribution in [0.4, 0.5) is 5.69 Å². The fourth-order valence-corrected chi connectivity index (χ4v) is 4.20. The van der Waals surface area contributed by atoms with E-state index in [0.717, 1.165) is 21.7 Å². The number of nitrogens with one attached hydrogen (secondary N) is 1. The number of hydrogen-bond acceptors (Lipinski definition) is 6. The Hall–Kier alpha value is -3.27. The molecule has 0 aromatic heterocycles. The molecule has 0 heterocycles. The molecule has 0 radical (unpaired) electrons. The van der Waals surface area contributed by atoms with Crippen molar-refractivity contribution in [1.29, 1.82) is 0 Å². The van der Waals surface area contributed by atoms with Crippen molar-refractivity contribution in [3.05, 3.63) is 53.6 Å². The molecule has 0 bridgehead atoms. The highest BCUT2D eigenvalue weighted by atomic mass is 32.2. The number of hydrogen-bond donors (Lipinski definition) is 1. The maximum absolute atomic E-state index is 13.4. The van der Waals surface area contributed by atoms with Gasteiger partial charge in [0.25, 0.3) is 0 Å². The molecule has 0 fully saturated rings. The molecule has 1 atom stereocenters. The lowest BCUT2D eigenvalue weighted by Crippen LogP contribution is -2.50. The molecule has 10 heteroatoms. The Balaban J connectivity index is 2.47. The first-order chi connectivity index (χ1) is 15.5. The number of carbonyl (C=O) groups excluding carboxylic acids is 2. The van der Waals surface area contributed by atoms with Crippen LogP contribution >= 0.6 is 0 Å². The lowest BCUT2D eigenvalue weighted by Gasteiger charge is -2.32. The molecule has 2 amide bonds. The Kier molecular flexibility index (Phi) is 8.69. The third-order valence-electron chi connectivity index (χ3n) is 5.35. The average molecular weight is 478 g/mol. The molecular weight excluding hydrogens is 446 g/mol. The molecule has 2 aromatic carbocycles. The number of benzene rings is 2. The maximum Gasteiger partial charge on any atom is 0.244 e. The van der Waals surface area contributed by atoms with Crippen LogP contribution in [-0.2, 0) is 26.2 Å². The van der Waals surface area contributed by atoms with Crippen molar-refractivity contribution >= 4 is 27.5 Å². The predicted octanol–water partition coefficient (Wildman–Crippen LogP) is 1.94. The minimum atomic E-state index is -3.87. The van der Waals surface area contributed by atoms with Gasteiger partial charge >= 0.3 is 0 Å². The molecule has 1 unspecified atom stereocenters. The van der Waals surface area contributed by atoms with Crippen LogP contribution in [0.2, 0.25) is 0 Å². The van der Waals surface area contributed by atoms with Crippen molar-refractivity contribution in [3.63, 3.8) is 0 Å². The van der Waals surface area contributed by atoms with Gasteiger partial charge in [-0.3, -0.25) is 13.9 Å². The van der Waals surface area contributed by atoms with Gasteiger partial charge in [-0.1, -0.05) is 24.3 Å². The van der Waals surface area contributed by atoms with E-state index in [0.29, 0.717) is 5.75 Å². The van der Waals surface area contributed by atoms with Crippen molar-refractivity contribution in [2.24, 2.45) is 0 Å². The highest BCUT2D eigenvalue weighted by Crippen LogP contribution is 2.33. The molecule has 0 aliphatic rings. The number of rotatable bonds is 10. The number of sulfonamides is 1. The normalized spacial score (nSPS) is 11.9. The summed E-state index contributed by atoms with van der Waals surface area (Å²) in [5.41, 5.74) is 2.00. The van der Waals surface area contributed by atoms with Crippen molar-refractivity contribution in [3.8, 4) is 11.5 Å². The molecule has 33 heavy (non-hydrogen) atoms. The summed E-state index contributed by atoms with van der Waals surface area (Å²) in [4.78, 5) is 27.2. The molecular formula is C23H31N3O6S. The van der Waals surface area contributed by atoms with Crippen molar-refractivity contribution < 1.29 is 27.5 Å². The van der Waals surface area contributed by atoms with Crippen molar-refractivity contribution in [1.82, 2.24) is 10.2 Å². The highest BCUT2D eigenvalue weighted by molar-refractivity contribution is 7.92. The van der Waals surface area contributed by atoms with E-state index in [1.165, 1.54) is 38.3 Å². The van der Waals surface area contributed by atoms with Gasteiger partial charge in [0.2, 0.25) is 21.8 Å². The summed E-state index contributed by atoms with van der Waals surface area (Å²) in [6.45, 7) is 3.16. The molecule has 2 rings (SSSR count). The van der Waals surface area contributed by atoms with E-state index in [9.17, 15) is 18.0 Å². The second-order valence-electron chi connectivity index (χ2n) is 7.55. The second kappa shape index (κ2) is 11.0. The third kappa shape index (κ3) is 6.38. The molecule has 2 aromatic rings. The summed E-state index contributed by atoms with van der Waals surface area (Å²) in [7, 11) is 0.503. The number of likely N-dealkylation sites (N-methyl/N-ethyl adjacent to an activating group) is 1. The topological polar surface area (TPSA) is 105 Å². The van der Waals surface area contributed by atoms with Crippen LogP contribution in [0.5, 0.6) is 11.5 Å². The number of ether oxygens (including phenoxy) is 2. The minimum Gasteiger partial charge on any atom is -0.497 e. The Labute approximate surface area is 195 Å². The third-order valence-corrected chi connectivity index (χ3v) is 6.48. The van der Waals surface area contributed by atoms with Crippen LogP contribution in [0, 0.1) is 6.92 Å². The standard InChI is InChI=1S/C23H31N3O6S/c1-16-9-7-8-10-18(16)14-25(17(2)23(28)24-3)22(27)15-26(33(6,29)30)20-12-11-19(31-4)13-21(20)32-5/h7-13,17H,14-15H2,1-6H3,(H,24,28). The number of anilines is 1. The largest absolute Gasteiger partial charge is 0.497 e. The zero-order chi connectivity index (χ0) is 24.8. The number of aryl methyl sites for hydroxylation is 1. The van der Waals surface area contributed by atoms with Gasteiger partial charge in [-0.25, -0.2) is 8.42 Å². The van der Waals surface area contributed by atoms with Crippen molar-refractivity contribution in [2.45, 2.75) is 26.4 Å². The molecule has 1 N–H and O–H groups in total. The van der Waals surface area contributed by atoms with Gasteiger partial charge in [0, 0.05) is 19.7 Å². The van der Waals surface area contributed by atoms with Crippen LogP contribution in [-0.4, -0.2) is 65.2 Å². The summed E-state index contributed by atoms with van der Waals surface area (Å²) < 4.78 is 36.8. The zero-order valence-electron chi connectivity index (χ0n) is 19.8. The molecule has 0 saturated heterocycles. The monoisotopic (exact) mass is 477 g/mol. The maximum atomic E-state index is 13.4. The van der Waals surface area contributed by atoms with Gasteiger partial charge in [-0.15, -0.1) is 0 Å². The molecule has 9 nitrogen and oxygen atoms in total. The number of amides is 2. The first kappa shape index (κ1) is 26.0. The van der Waals surface area contributed by atoms with Crippen LogP contribution < -0.4 is 19.1 Å². The highest BCUT2D eigenvalue weighted by Gasteiger charge is 2.31. The Morgan fingerprint density at radius 2 is 1.76 bits per heavy atom. The number of nitrogens with zero attached hydrogens (tertiary/aromatic N) is 2. The van der Waals surface area contributed by atoms with E-state index in [1.807, 2.05) is 31.2 Å². The van der Waals surface area contributed by atoms with E-state index < -0.39 is 28.5 Å². The Bertz CT molecular complexity index is 1100. The average Bonchev–Trinajstić information content (AvgIpc) is 2.79. The smallest absolute Gasteiger partial charge is 0.244 e. The summed E-state index contributed by atoms with van der Waals surface area (Å²) in [6.07, 6.45) is 1.01. The van der Waals surface area contributed by atoms with Gasteiger partial charge in [-0.05, 0) is 37.1 Å². The fraction of sp³-hybridized carbons (Fsp3) is 0.391. The quantitative estimate of drug-likeness (QED) is 0.561. The molecule has 180 valence electrons. The lowest BCUT2D eigenvalue weighted by atomic mass is 10.1. The van der Waals surface area contributed by atoms with E-state index in [1.54, 1.807) is 13.0 Å². The molecule has 0 aliphatic carbocycles. The predicted molar refractivity (Wildman–Crippen MR) is 127 cm³/mol. The Morgan fingerprint density at radius 3 is 2.30 bits per heavy atom. The minimum absolute atomic E-state index is 0.150. The van der Waals surface area contributed by atoms with E-state index in [2.05, 4.69) is 5.32 Å². The van der Waals surface area contributed by atoms with Gasteiger partial charge in [0.1, 0.15) is 24.1 Å². The zero-order valence-corrected chi connectivity index (χ0v) is 20.6. The van der Waals surface area contributed by atoms with Crippen LogP contribution in [0.15, 0.2) is 42.5 Å². The summed E-state index contributed by atoms with van der Waals surface area (Å²) in [5.74, 6) is -0.176. The Morgan fingerprint density at radius 1 is 1.09 bits per heavy atom. The van der Waals surface area contributed by atoms with Crippen LogP contribution in [0.3, 0.4) is 0 Å². The van der Waals surface area contributed by atoms with Gasteiger partial charge in [0.05, 0.1) is 26.2 Å². The summed E-state index contributed by atoms with van der Waals surface area (Å²) >= 11 is 0. The first-order valence-corrected chi connectivity index (χ1v) is 12.1. The van der Waals surface area contributed by atoms with Gasteiger partial charge in [0.15, 0.2) is 0 Å². The second-order valence-corrected chi connectivity index (χ2v) is 9.45. The molecule has 0 aliphatic heterocycles. The summed E-state index contributed by atoms with van der Waals surface area (Å²) in [6, 6.07) is 11.3. The van der Waals surface area contributed by atoms with Gasteiger partial charge in [-0.2, -0.15) is 0 Å². The van der Waals surface area contributed by atoms with Crippen LogP contribution in [0.25, 0.3) is 0 Å². The van der Waals surface area contributed by atoms with Crippen LogP contribution in [0.1, 0.15) is 18.1 Å².